The van der Waals surface area contributed by atoms with Crippen molar-refractivity contribution in [2.24, 2.45) is 5.92 Å². The average molecular weight is 274 g/mol. The van der Waals surface area contributed by atoms with E-state index >= 15 is 0 Å². The third-order valence-electron chi connectivity index (χ3n) is 3.22. The van der Waals surface area contributed by atoms with Crippen molar-refractivity contribution < 1.29 is 4.74 Å². The number of hydrogen-bond acceptors (Lipinski definition) is 3. The molecule has 0 aromatic carbocycles. The molecule has 0 aliphatic carbocycles. The fourth-order valence-corrected chi connectivity index (χ4v) is 2.16. The van der Waals surface area contributed by atoms with Crippen molar-refractivity contribution in [3.8, 4) is 0 Å². The standard InChI is InChI=1S/C10H12N2.C7H14O/c1-3-5-9(11)10-7-4-6-8(2)12-10;1-2-3-7-4-5-8-6-7/h3-7,11H,1-2H3;7H,2-6H2,1H3/b5-3-,11-9?;. The van der Waals surface area contributed by atoms with Crippen LogP contribution in [0.5, 0.6) is 0 Å². The van der Waals surface area contributed by atoms with E-state index in [1.54, 1.807) is 6.08 Å². The number of nitrogens with zero attached hydrogens (tertiary/aromatic N) is 1. The molecule has 0 amide bonds. The van der Waals surface area contributed by atoms with Gasteiger partial charge in [0.15, 0.2) is 0 Å². The monoisotopic (exact) mass is 274 g/mol. The summed E-state index contributed by atoms with van der Waals surface area (Å²) in [7, 11) is 0. The molecule has 1 aliphatic rings. The van der Waals surface area contributed by atoms with Gasteiger partial charge in [-0.1, -0.05) is 25.5 Å². The number of hydrogen-bond donors (Lipinski definition) is 1. The molecule has 1 unspecified atom stereocenters. The van der Waals surface area contributed by atoms with Crippen LogP contribution in [-0.4, -0.2) is 23.9 Å². The van der Waals surface area contributed by atoms with Gasteiger partial charge in [-0.15, -0.1) is 0 Å². The van der Waals surface area contributed by atoms with E-state index in [9.17, 15) is 0 Å². The van der Waals surface area contributed by atoms with Gasteiger partial charge >= 0.3 is 0 Å². The van der Waals surface area contributed by atoms with Crippen molar-refractivity contribution in [3.63, 3.8) is 0 Å². The Labute approximate surface area is 122 Å². The van der Waals surface area contributed by atoms with Crippen molar-refractivity contribution in [2.45, 2.75) is 40.0 Å². The number of rotatable bonds is 4. The first-order valence-corrected chi connectivity index (χ1v) is 7.40. The van der Waals surface area contributed by atoms with E-state index in [1.165, 1.54) is 19.3 Å². The molecular formula is C17H26N2O. The zero-order chi connectivity index (χ0) is 14.8. The van der Waals surface area contributed by atoms with Crippen LogP contribution in [-0.2, 0) is 4.74 Å². The number of aromatic nitrogens is 1. The smallest absolute Gasteiger partial charge is 0.0881 e. The molecule has 1 atom stereocenters. The predicted molar refractivity (Wildman–Crippen MR) is 84.5 cm³/mol. The number of nitrogens with one attached hydrogen (secondary N) is 1. The van der Waals surface area contributed by atoms with E-state index in [4.69, 9.17) is 10.1 Å². The zero-order valence-electron chi connectivity index (χ0n) is 12.9. The summed E-state index contributed by atoms with van der Waals surface area (Å²) in [6, 6.07) is 5.68. The Morgan fingerprint density at radius 2 is 2.30 bits per heavy atom. The molecule has 0 saturated carbocycles. The third-order valence-corrected chi connectivity index (χ3v) is 3.22. The van der Waals surface area contributed by atoms with Gasteiger partial charge in [-0.05, 0) is 50.8 Å². The van der Waals surface area contributed by atoms with Crippen LogP contribution in [0, 0.1) is 18.3 Å². The van der Waals surface area contributed by atoms with Crippen molar-refractivity contribution >= 4 is 5.71 Å². The Morgan fingerprint density at radius 1 is 1.50 bits per heavy atom. The van der Waals surface area contributed by atoms with Crippen LogP contribution in [0.4, 0.5) is 0 Å². The van der Waals surface area contributed by atoms with Crippen LogP contribution < -0.4 is 0 Å². The van der Waals surface area contributed by atoms with E-state index in [0.29, 0.717) is 5.71 Å². The van der Waals surface area contributed by atoms with Crippen LogP contribution in [0.25, 0.3) is 0 Å². The van der Waals surface area contributed by atoms with Crippen LogP contribution in [0.1, 0.15) is 44.5 Å². The van der Waals surface area contributed by atoms with Crippen molar-refractivity contribution in [1.29, 1.82) is 5.41 Å². The third kappa shape index (κ3) is 6.11. The number of aryl methyl sites for hydroxylation is 1. The lowest BCUT2D eigenvalue weighted by Crippen LogP contribution is -1.98. The Balaban J connectivity index is 0.000000217. The summed E-state index contributed by atoms with van der Waals surface area (Å²) in [5, 5.41) is 7.58. The molecule has 1 N–H and O–H groups in total. The minimum absolute atomic E-state index is 0.459. The molecule has 110 valence electrons. The van der Waals surface area contributed by atoms with Gasteiger partial charge in [0.2, 0.25) is 0 Å². The van der Waals surface area contributed by atoms with Gasteiger partial charge in [0, 0.05) is 18.9 Å². The van der Waals surface area contributed by atoms with E-state index in [2.05, 4.69) is 11.9 Å². The summed E-state index contributed by atoms with van der Waals surface area (Å²) < 4.78 is 5.21. The van der Waals surface area contributed by atoms with Gasteiger partial charge in [0.25, 0.3) is 0 Å². The number of pyridine rings is 1. The minimum atomic E-state index is 0.459. The second-order valence-corrected chi connectivity index (χ2v) is 5.10. The lowest BCUT2D eigenvalue weighted by molar-refractivity contribution is 0.184. The molecule has 2 heterocycles. The molecule has 1 aromatic heterocycles. The molecule has 1 saturated heterocycles. The van der Waals surface area contributed by atoms with Crippen LogP contribution >= 0.6 is 0 Å². The van der Waals surface area contributed by atoms with E-state index in [1.807, 2.05) is 38.1 Å². The Bertz CT molecular complexity index is 434. The largest absolute Gasteiger partial charge is 0.381 e. The molecule has 0 spiro atoms. The lowest BCUT2D eigenvalue weighted by Gasteiger charge is -2.01. The molecule has 3 heteroatoms. The normalized spacial score (nSPS) is 17.9. The maximum atomic E-state index is 7.58. The molecule has 1 aliphatic heterocycles. The summed E-state index contributed by atoms with van der Waals surface area (Å²) in [5.74, 6) is 0.889. The second kappa shape index (κ2) is 9.43. The second-order valence-electron chi connectivity index (χ2n) is 5.10. The molecule has 0 bridgehead atoms. The maximum absolute atomic E-state index is 7.58. The van der Waals surface area contributed by atoms with Crippen molar-refractivity contribution in [2.75, 3.05) is 13.2 Å². The molecule has 2 rings (SSSR count). The van der Waals surface area contributed by atoms with E-state index in [0.717, 1.165) is 30.5 Å². The topological polar surface area (TPSA) is 46.0 Å². The van der Waals surface area contributed by atoms with Gasteiger partial charge in [0.05, 0.1) is 11.4 Å². The first-order chi connectivity index (χ1) is 9.67. The highest BCUT2D eigenvalue weighted by Gasteiger charge is 2.13. The van der Waals surface area contributed by atoms with Gasteiger partial charge in [-0.2, -0.15) is 0 Å². The lowest BCUT2D eigenvalue weighted by atomic mass is 10.0. The molecule has 1 fully saturated rings. The zero-order valence-corrected chi connectivity index (χ0v) is 12.9. The summed E-state index contributed by atoms with van der Waals surface area (Å²) >= 11 is 0. The number of ether oxygens (including phenoxy) is 1. The summed E-state index contributed by atoms with van der Waals surface area (Å²) in [5.41, 5.74) is 2.14. The summed E-state index contributed by atoms with van der Waals surface area (Å²) in [6.45, 7) is 8.08. The van der Waals surface area contributed by atoms with Crippen molar-refractivity contribution in [1.82, 2.24) is 4.98 Å². The summed E-state index contributed by atoms with van der Waals surface area (Å²) in [4.78, 5) is 4.22. The molecule has 1 aromatic rings. The Morgan fingerprint density at radius 3 is 2.85 bits per heavy atom. The Kier molecular flexibility index (Phi) is 7.81. The number of allylic oxidation sites excluding steroid dienone is 2. The van der Waals surface area contributed by atoms with E-state index < -0.39 is 0 Å². The van der Waals surface area contributed by atoms with Gasteiger partial charge in [0.1, 0.15) is 0 Å². The fraction of sp³-hybridized carbons (Fsp3) is 0.529. The highest BCUT2D eigenvalue weighted by atomic mass is 16.5. The highest BCUT2D eigenvalue weighted by Crippen LogP contribution is 2.16. The quantitative estimate of drug-likeness (QED) is 0.838. The van der Waals surface area contributed by atoms with Gasteiger partial charge in [-0.3, -0.25) is 10.4 Å². The summed E-state index contributed by atoms with van der Waals surface area (Å²) in [6.07, 6.45) is 7.55. The van der Waals surface area contributed by atoms with Crippen LogP contribution in [0.3, 0.4) is 0 Å². The fourth-order valence-electron chi connectivity index (χ4n) is 2.16. The molecule has 20 heavy (non-hydrogen) atoms. The molecule has 3 nitrogen and oxygen atoms in total. The highest BCUT2D eigenvalue weighted by molar-refractivity contribution is 6.04. The maximum Gasteiger partial charge on any atom is 0.0881 e. The van der Waals surface area contributed by atoms with Crippen molar-refractivity contribution in [3.05, 3.63) is 41.7 Å². The average Bonchev–Trinajstić information content (AvgIpc) is 2.93. The SMILES string of the molecule is C/C=C\C(=N)c1cccc(C)n1.CCCC1CCOC1. The van der Waals surface area contributed by atoms with Crippen LogP contribution in [0.2, 0.25) is 0 Å². The first kappa shape index (κ1) is 16.6. The molecular weight excluding hydrogens is 248 g/mol. The predicted octanol–water partition coefficient (Wildman–Crippen LogP) is 4.16. The van der Waals surface area contributed by atoms with Crippen LogP contribution in [0.15, 0.2) is 30.4 Å². The van der Waals surface area contributed by atoms with Gasteiger partial charge < -0.3 is 4.74 Å². The van der Waals surface area contributed by atoms with Gasteiger partial charge in [-0.25, -0.2) is 0 Å². The Hall–Kier alpha value is -1.48. The van der Waals surface area contributed by atoms with E-state index in [-0.39, 0.29) is 0 Å². The first-order valence-electron chi connectivity index (χ1n) is 7.40. The minimum Gasteiger partial charge on any atom is -0.381 e. The molecule has 0 radical (unpaired) electrons.